The van der Waals surface area contributed by atoms with Gasteiger partial charge in [-0.1, -0.05) is 224 Å². The summed E-state index contributed by atoms with van der Waals surface area (Å²) in [5.41, 5.74) is 17.1. The lowest BCUT2D eigenvalue weighted by atomic mass is 9.67. The molecule has 1 heterocycles. The molecule has 0 radical (unpaired) electrons. The Labute approximate surface area is 472 Å². The van der Waals surface area contributed by atoms with E-state index in [2.05, 4.69) is 240 Å². The summed E-state index contributed by atoms with van der Waals surface area (Å²) < 4.78 is 41.8. The predicted octanol–water partition coefficient (Wildman–Crippen LogP) is 20.6. The molecule has 80 heavy (non-hydrogen) atoms. The summed E-state index contributed by atoms with van der Waals surface area (Å²) in [6.45, 7) is 0. The van der Waals surface area contributed by atoms with Crippen LogP contribution in [0.15, 0.2) is 321 Å². The molecular weight excluding hydrogens is 967 g/mol. The molecule has 0 spiro atoms. The van der Waals surface area contributed by atoms with Gasteiger partial charge in [-0.15, -0.1) is 0 Å². The van der Waals surface area contributed by atoms with Crippen molar-refractivity contribution in [3.8, 4) is 39.1 Å². The lowest BCUT2D eigenvalue weighted by molar-refractivity contribution is 0.768. The molecule has 13 aromatic carbocycles. The number of rotatable bonds is 11. The van der Waals surface area contributed by atoms with Gasteiger partial charge in [0.05, 0.1) is 21.9 Å². The molecule has 0 fully saturated rings. The number of hydrogen-bond acceptors (Lipinski definition) is 2. The van der Waals surface area contributed by atoms with E-state index in [0.29, 0.717) is 11.3 Å². The second-order valence-electron chi connectivity index (χ2n) is 20.5. The van der Waals surface area contributed by atoms with Crippen LogP contribution >= 0.6 is 0 Å². The maximum atomic E-state index is 9.93. The summed E-state index contributed by atoms with van der Waals surface area (Å²) in [7, 11) is 0. The molecule has 14 aromatic rings. The van der Waals surface area contributed by atoms with Crippen LogP contribution in [0.5, 0.6) is 0 Å². The third kappa shape index (κ3) is 7.82. The Bertz CT molecular complexity index is 4750. The van der Waals surface area contributed by atoms with Crippen LogP contribution in [-0.2, 0) is 5.41 Å². The molecule has 0 saturated heterocycles. The predicted molar refractivity (Wildman–Crippen MR) is 336 cm³/mol. The van der Waals surface area contributed by atoms with Crippen LogP contribution in [0.1, 0.15) is 27.7 Å². The molecule has 0 aliphatic heterocycles. The molecule has 376 valence electrons. The Morgan fingerprint density at radius 3 is 1.51 bits per heavy atom. The molecule has 1 aliphatic carbocycles. The Balaban J connectivity index is 0.846. The van der Waals surface area contributed by atoms with E-state index in [1.54, 1.807) is 0 Å². The molecule has 0 unspecified atom stereocenters. The van der Waals surface area contributed by atoms with Gasteiger partial charge in [0.15, 0.2) is 0 Å². The van der Waals surface area contributed by atoms with E-state index in [0.717, 1.165) is 89.2 Å². The largest absolute Gasteiger partial charge is 0.310 e. The van der Waals surface area contributed by atoms with Crippen molar-refractivity contribution < 1.29 is 5.48 Å². The quantitative estimate of drug-likeness (QED) is 0.128. The van der Waals surface area contributed by atoms with Gasteiger partial charge in [0.25, 0.3) is 0 Å². The fourth-order valence-electron chi connectivity index (χ4n) is 12.5. The van der Waals surface area contributed by atoms with Gasteiger partial charge in [0.2, 0.25) is 0 Å². The van der Waals surface area contributed by atoms with Crippen molar-refractivity contribution in [2.45, 2.75) is 5.41 Å². The zero-order valence-electron chi connectivity index (χ0n) is 47.6. The van der Waals surface area contributed by atoms with E-state index < -0.39 is 5.41 Å². The van der Waals surface area contributed by atoms with Crippen molar-refractivity contribution in [2.75, 3.05) is 9.80 Å². The first-order chi connectivity index (χ1) is 41.3. The first-order valence-electron chi connectivity index (χ1n) is 29.2. The first-order valence-corrected chi connectivity index (χ1v) is 27.2. The van der Waals surface area contributed by atoms with E-state index in [1.165, 1.54) is 16.3 Å². The van der Waals surface area contributed by atoms with Crippen molar-refractivity contribution in [2.24, 2.45) is 0 Å². The third-order valence-electron chi connectivity index (χ3n) is 16.1. The maximum Gasteiger partial charge on any atom is 0.0714 e. The van der Waals surface area contributed by atoms with E-state index in [4.69, 9.17) is 0 Å². The Kier molecular flexibility index (Phi) is 10.4. The van der Waals surface area contributed by atoms with Gasteiger partial charge in [-0.05, 0) is 163 Å². The lowest BCUT2D eigenvalue weighted by Crippen LogP contribution is -2.28. The van der Waals surface area contributed by atoms with Gasteiger partial charge in [0.1, 0.15) is 0 Å². The Hall–Kier alpha value is -10.5. The fourth-order valence-corrected chi connectivity index (χ4v) is 12.5. The Morgan fingerprint density at radius 2 is 0.775 bits per heavy atom. The van der Waals surface area contributed by atoms with Gasteiger partial charge in [-0.3, -0.25) is 0 Å². The molecular formula is C77H53N3. The maximum absolute atomic E-state index is 9.93. The molecule has 1 aromatic heterocycles. The topological polar surface area (TPSA) is 11.4 Å². The zero-order valence-corrected chi connectivity index (χ0v) is 43.6. The molecule has 15 rings (SSSR count). The fraction of sp³-hybridized carbons (Fsp3) is 0.0130. The smallest absolute Gasteiger partial charge is 0.0714 e. The monoisotopic (exact) mass is 1020 g/mol. The second kappa shape index (κ2) is 19.5. The summed E-state index contributed by atoms with van der Waals surface area (Å²) >= 11 is 0. The van der Waals surface area contributed by atoms with E-state index >= 15 is 0 Å². The normalized spacial score (nSPS) is 13.1. The molecule has 0 atom stereocenters. The SMILES string of the molecule is [2H]c1c([2H])c(N(c2ccccc2)c2ccc3c(c2)C(c2ccccc2)(c2ccccc2)c2ccccc2-3)c([2H])c([2H])c1-c1ccc2cc(N(c3ccc(-c4ccccc4)cc3)c3ccc4c5ccccc5n(-c5ccccc5)c4c3)ccc2c1. The number of aromatic nitrogens is 1. The molecule has 0 saturated carbocycles. The lowest BCUT2D eigenvalue weighted by Gasteiger charge is -2.35. The van der Waals surface area contributed by atoms with Gasteiger partial charge in [-0.2, -0.15) is 0 Å². The minimum Gasteiger partial charge on any atom is -0.310 e. The van der Waals surface area contributed by atoms with Crippen LogP contribution in [-0.4, -0.2) is 4.57 Å². The van der Waals surface area contributed by atoms with Gasteiger partial charge < -0.3 is 14.4 Å². The molecule has 0 bridgehead atoms. The second-order valence-corrected chi connectivity index (χ2v) is 20.5. The summed E-state index contributed by atoms with van der Waals surface area (Å²) in [5.74, 6) is 0. The number of nitrogens with zero attached hydrogens (tertiary/aromatic N) is 3. The van der Waals surface area contributed by atoms with Crippen molar-refractivity contribution in [1.82, 2.24) is 4.57 Å². The van der Waals surface area contributed by atoms with Crippen molar-refractivity contribution in [3.63, 3.8) is 0 Å². The van der Waals surface area contributed by atoms with Crippen LogP contribution in [0.2, 0.25) is 0 Å². The van der Waals surface area contributed by atoms with E-state index in [1.807, 2.05) is 71.6 Å². The van der Waals surface area contributed by atoms with Gasteiger partial charge >= 0.3 is 0 Å². The average Bonchev–Trinajstić information content (AvgIpc) is 1.84. The number of hydrogen-bond donors (Lipinski definition) is 0. The highest BCUT2D eigenvalue weighted by Crippen LogP contribution is 2.57. The number of benzene rings is 13. The number of anilines is 6. The van der Waals surface area contributed by atoms with Gasteiger partial charge in [-0.25, -0.2) is 0 Å². The number of fused-ring (bicyclic) bond motifs is 7. The molecule has 1 aliphatic rings. The highest BCUT2D eigenvalue weighted by molar-refractivity contribution is 6.10. The zero-order chi connectivity index (χ0) is 56.5. The standard InChI is InChI=1S/C77H53N3/c1-6-20-54(21-7-1)55-36-41-65(42-37-55)79(68-47-49-72-71-31-17-19-33-75(71)80(76(72)53-68)63-28-14-5-15-29-63)66-45-40-58-50-57(34-35-59(58)51-66)56-38-43-64(44-39-56)78(62-26-12-4-13-27-62)67-46-48-70-69-30-16-18-32-73(69)77(74(70)52-67,60-22-8-2-9-23-60)61-24-10-3-11-25-61/h1-53H/i38D,39D,43D,44D. The van der Waals surface area contributed by atoms with Crippen molar-refractivity contribution in [3.05, 3.63) is 344 Å². The summed E-state index contributed by atoms with van der Waals surface area (Å²) in [5, 5.41) is 4.22. The molecule has 0 N–H and O–H groups in total. The van der Waals surface area contributed by atoms with Crippen molar-refractivity contribution >= 4 is 66.7 Å². The highest BCUT2D eigenvalue weighted by Gasteiger charge is 2.46. The Morgan fingerprint density at radius 1 is 0.287 bits per heavy atom. The summed E-state index contributed by atoms with van der Waals surface area (Å²) in [6, 6.07) is 103. The minimum atomic E-state index is -0.687. The van der Waals surface area contributed by atoms with Crippen LogP contribution < -0.4 is 9.80 Å². The molecule has 3 nitrogen and oxygen atoms in total. The van der Waals surface area contributed by atoms with Crippen molar-refractivity contribution in [1.29, 1.82) is 0 Å². The van der Waals surface area contributed by atoms with Crippen LogP contribution in [0, 0.1) is 0 Å². The van der Waals surface area contributed by atoms with Crippen LogP contribution in [0.25, 0.3) is 71.6 Å². The summed E-state index contributed by atoms with van der Waals surface area (Å²) in [6.07, 6.45) is 0. The first kappa shape index (κ1) is 42.6. The highest BCUT2D eigenvalue weighted by atomic mass is 15.1. The van der Waals surface area contributed by atoms with E-state index in [9.17, 15) is 5.48 Å². The molecule has 3 heteroatoms. The number of para-hydroxylation sites is 3. The van der Waals surface area contributed by atoms with Crippen LogP contribution in [0.3, 0.4) is 0 Å². The summed E-state index contributed by atoms with van der Waals surface area (Å²) in [4.78, 5) is 4.20. The average molecular weight is 1020 g/mol. The van der Waals surface area contributed by atoms with Crippen LogP contribution in [0.4, 0.5) is 34.1 Å². The van der Waals surface area contributed by atoms with E-state index in [-0.39, 0.29) is 35.4 Å². The van der Waals surface area contributed by atoms with Gasteiger partial charge in [0, 0.05) is 50.6 Å². The minimum absolute atomic E-state index is 0.118. The molecule has 0 amide bonds. The third-order valence-corrected chi connectivity index (χ3v) is 16.1.